The first-order valence-corrected chi connectivity index (χ1v) is 6.12. The number of halogens is 1. The van der Waals surface area contributed by atoms with E-state index in [2.05, 4.69) is 22.9 Å². The number of ether oxygens (including phenoxy) is 2. The van der Waals surface area contributed by atoms with Crippen LogP contribution in [0.2, 0.25) is 0 Å². The standard InChI is InChI=1S/C11H21BrO2/c1-8(2)13-11(14-9(3)4)6-10(5)7-12/h6,8-9,11H,7H2,1-5H3. The summed E-state index contributed by atoms with van der Waals surface area (Å²) in [6.07, 6.45) is 2.14. The number of allylic oxidation sites excluding steroid dienone is 1. The second-order valence-corrected chi connectivity index (χ2v) is 4.45. The lowest BCUT2D eigenvalue weighted by Crippen LogP contribution is -2.23. The molecular formula is C11H21BrO2. The monoisotopic (exact) mass is 264 g/mol. The van der Waals surface area contributed by atoms with E-state index in [1.165, 1.54) is 5.57 Å². The summed E-state index contributed by atoms with van der Waals surface area (Å²) in [5.41, 5.74) is 1.22. The Balaban J connectivity index is 4.24. The Bertz CT molecular complexity index is 166. The number of hydrogen-bond donors (Lipinski definition) is 0. The highest BCUT2D eigenvalue weighted by Crippen LogP contribution is 2.09. The zero-order chi connectivity index (χ0) is 11.1. The van der Waals surface area contributed by atoms with Crippen molar-refractivity contribution in [3.8, 4) is 0 Å². The predicted octanol–water partition coefficient (Wildman–Crippen LogP) is 3.50. The number of rotatable bonds is 6. The first-order chi connectivity index (χ1) is 6.45. The summed E-state index contributed by atoms with van der Waals surface area (Å²) in [6, 6.07) is 0. The zero-order valence-corrected chi connectivity index (χ0v) is 11.3. The van der Waals surface area contributed by atoms with Crippen LogP contribution in [0.1, 0.15) is 34.6 Å². The Morgan fingerprint density at radius 2 is 1.57 bits per heavy atom. The van der Waals surface area contributed by atoms with Gasteiger partial charge in [-0.05, 0) is 40.7 Å². The van der Waals surface area contributed by atoms with Gasteiger partial charge in [-0.2, -0.15) is 0 Å². The third-order valence-corrected chi connectivity index (χ3v) is 2.33. The van der Waals surface area contributed by atoms with E-state index in [0.29, 0.717) is 0 Å². The van der Waals surface area contributed by atoms with E-state index >= 15 is 0 Å². The SMILES string of the molecule is CC(=CC(OC(C)C)OC(C)C)CBr. The molecule has 14 heavy (non-hydrogen) atoms. The van der Waals surface area contributed by atoms with E-state index in [9.17, 15) is 0 Å². The highest BCUT2D eigenvalue weighted by atomic mass is 79.9. The number of alkyl halides is 1. The lowest BCUT2D eigenvalue weighted by molar-refractivity contribution is -0.152. The van der Waals surface area contributed by atoms with Crippen LogP contribution >= 0.6 is 15.9 Å². The molecule has 3 heteroatoms. The summed E-state index contributed by atoms with van der Waals surface area (Å²) in [5.74, 6) is 0. The molecule has 0 aliphatic carbocycles. The van der Waals surface area contributed by atoms with Crippen molar-refractivity contribution in [2.24, 2.45) is 0 Å². The van der Waals surface area contributed by atoms with Crippen molar-refractivity contribution in [3.63, 3.8) is 0 Å². The molecule has 0 spiro atoms. The van der Waals surface area contributed by atoms with Gasteiger partial charge in [0, 0.05) is 5.33 Å². The maximum atomic E-state index is 5.61. The van der Waals surface area contributed by atoms with E-state index in [-0.39, 0.29) is 18.5 Å². The van der Waals surface area contributed by atoms with E-state index in [1.807, 2.05) is 33.8 Å². The molecule has 0 saturated carbocycles. The quantitative estimate of drug-likeness (QED) is 0.415. The molecule has 0 aromatic carbocycles. The molecule has 0 rings (SSSR count). The Labute approximate surface area is 95.8 Å². The van der Waals surface area contributed by atoms with Gasteiger partial charge in [0.05, 0.1) is 12.2 Å². The largest absolute Gasteiger partial charge is 0.346 e. The van der Waals surface area contributed by atoms with Crippen LogP contribution in [0.5, 0.6) is 0 Å². The third-order valence-electron chi connectivity index (χ3n) is 1.44. The molecule has 0 unspecified atom stereocenters. The molecule has 0 aliphatic rings. The van der Waals surface area contributed by atoms with Crippen molar-refractivity contribution in [1.29, 1.82) is 0 Å². The summed E-state index contributed by atoms with van der Waals surface area (Å²) >= 11 is 3.40. The van der Waals surface area contributed by atoms with Crippen LogP contribution in [0.3, 0.4) is 0 Å². The van der Waals surface area contributed by atoms with Gasteiger partial charge >= 0.3 is 0 Å². The summed E-state index contributed by atoms with van der Waals surface area (Å²) in [6.45, 7) is 10.1. The average Bonchev–Trinajstić information content (AvgIpc) is 2.01. The van der Waals surface area contributed by atoms with Gasteiger partial charge in [0.25, 0.3) is 0 Å². The molecule has 0 fully saturated rings. The van der Waals surface area contributed by atoms with E-state index < -0.39 is 0 Å². The maximum absolute atomic E-state index is 5.61. The van der Waals surface area contributed by atoms with E-state index in [4.69, 9.17) is 9.47 Å². The Kier molecular flexibility index (Phi) is 7.51. The minimum absolute atomic E-state index is 0.179. The van der Waals surface area contributed by atoms with E-state index in [1.54, 1.807) is 0 Å². The summed E-state index contributed by atoms with van der Waals surface area (Å²) in [5, 5.41) is 0.854. The molecule has 84 valence electrons. The van der Waals surface area contributed by atoms with Crippen molar-refractivity contribution in [1.82, 2.24) is 0 Å². The topological polar surface area (TPSA) is 18.5 Å². The molecule has 0 atom stereocenters. The lowest BCUT2D eigenvalue weighted by atomic mass is 10.3. The molecule has 0 saturated heterocycles. The van der Waals surface area contributed by atoms with E-state index in [0.717, 1.165) is 5.33 Å². The Hall–Kier alpha value is 0.140. The first kappa shape index (κ1) is 14.1. The van der Waals surface area contributed by atoms with Gasteiger partial charge in [0.1, 0.15) is 0 Å². The van der Waals surface area contributed by atoms with Crippen molar-refractivity contribution in [2.45, 2.75) is 53.1 Å². The third kappa shape index (κ3) is 7.54. The average molecular weight is 265 g/mol. The fourth-order valence-corrected chi connectivity index (χ4v) is 1.11. The van der Waals surface area contributed by atoms with Gasteiger partial charge < -0.3 is 9.47 Å². The molecule has 0 amide bonds. The maximum Gasteiger partial charge on any atom is 0.177 e. The fraction of sp³-hybridized carbons (Fsp3) is 0.818. The molecule has 0 radical (unpaired) electrons. The van der Waals surface area contributed by atoms with Crippen LogP contribution in [-0.2, 0) is 9.47 Å². The molecule has 0 aromatic heterocycles. The highest BCUT2D eigenvalue weighted by molar-refractivity contribution is 9.09. The van der Waals surface area contributed by atoms with Gasteiger partial charge in [-0.25, -0.2) is 0 Å². The minimum atomic E-state index is -0.229. The van der Waals surface area contributed by atoms with Crippen molar-refractivity contribution in [2.75, 3.05) is 5.33 Å². The summed E-state index contributed by atoms with van der Waals surface area (Å²) in [4.78, 5) is 0. The lowest BCUT2D eigenvalue weighted by Gasteiger charge is -2.20. The summed E-state index contributed by atoms with van der Waals surface area (Å²) < 4.78 is 11.2. The zero-order valence-electron chi connectivity index (χ0n) is 9.71. The van der Waals surface area contributed by atoms with Crippen molar-refractivity contribution >= 4 is 15.9 Å². The van der Waals surface area contributed by atoms with Gasteiger partial charge in [-0.1, -0.05) is 21.5 Å². The fourth-order valence-electron chi connectivity index (χ4n) is 0.924. The minimum Gasteiger partial charge on any atom is -0.346 e. The molecule has 0 heterocycles. The molecule has 0 aliphatic heterocycles. The Morgan fingerprint density at radius 1 is 1.14 bits per heavy atom. The van der Waals surface area contributed by atoms with Gasteiger partial charge in [-0.15, -0.1) is 0 Å². The van der Waals surface area contributed by atoms with Crippen LogP contribution in [0.25, 0.3) is 0 Å². The molecular weight excluding hydrogens is 244 g/mol. The van der Waals surface area contributed by atoms with Gasteiger partial charge in [-0.3, -0.25) is 0 Å². The summed E-state index contributed by atoms with van der Waals surface area (Å²) in [7, 11) is 0. The van der Waals surface area contributed by atoms with Crippen LogP contribution in [0.15, 0.2) is 11.6 Å². The second-order valence-electron chi connectivity index (χ2n) is 3.88. The van der Waals surface area contributed by atoms with Crippen molar-refractivity contribution < 1.29 is 9.47 Å². The van der Waals surface area contributed by atoms with Crippen LogP contribution < -0.4 is 0 Å². The van der Waals surface area contributed by atoms with Crippen LogP contribution in [0, 0.1) is 0 Å². The van der Waals surface area contributed by atoms with Crippen LogP contribution in [0.4, 0.5) is 0 Å². The molecule has 0 bridgehead atoms. The number of hydrogen-bond acceptors (Lipinski definition) is 2. The first-order valence-electron chi connectivity index (χ1n) is 5.00. The van der Waals surface area contributed by atoms with Gasteiger partial charge in [0.2, 0.25) is 0 Å². The molecule has 2 nitrogen and oxygen atoms in total. The normalized spacial score (nSPS) is 13.4. The molecule has 0 aromatic rings. The Morgan fingerprint density at radius 3 is 1.86 bits per heavy atom. The van der Waals surface area contributed by atoms with Gasteiger partial charge in [0.15, 0.2) is 6.29 Å². The second kappa shape index (κ2) is 7.43. The van der Waals surface area contributed by atoms with Crippen molar-refractivity contribution in [3.05, 3.63) is 11.6 Å². The predicted molar refractivity (Wildman–Crippen MR) is 63.8 cm³/mol. The highest BCUT2D eigenvalue weighted by Gasteiger charge is 2.10. The molecule has 0 N–H and O–H groups in total. The smallest absolute Gasteiger partial charge is 0.177 e. The van der Waals surface area contributed by atoms with Crippen LogP contribution in [-0.4, -0.2) is 23.8 Å².